The topological polar surface area (TPSA) is 65.1 Å². The van der Waals surface area contributed by atoms with E-state index in [1.54, 1.807) is 7.11 Å². The summed E-state index contributed by atoms with van der Waals surface area (Å²) in [7, 11) is 1.69. The number of carbonyl (C=O) groups is 2. The van der Waals surface area contributed by atoms with E-state index in [0.717, 1.165) is 68.2 Å². The van der Waals surface area contributed by atoms with Crippen molar-refractivity contribution in [2.75, 3.05) is 52.9 Å². The summed E-state index contributed by atoms with van der Waals surface area (Å²) in [4.78, 5) is 33.3. The second-order valence-electron chi connectivity index (χ2n) is 15.5. The van der Waals surface area contributed by atoms with Crippen LogP contribution in [0.15, 0.2) is 30.3 Å². The van der Waals surface area contributed by atoms with Gasteiger partial charge in [0.15, 0.2) is 0 Å². The summed E-state index contributed by atoms with van der Waals surface area (Å²) >= 11 is 0. The molecule has 4 bridgehead atoms. The molecule has 4 aliphatic carbocycles. The molecule has 6 rings (SSSR count). The van der Waals surface area contributed by atoms with E-state index in [9.17, 15) is 9.59 Å². The van der Waals surface area contributed by atoms with E-state index < -0.39 is 0 Å². The number of benzene rings is 1. The highest BCUT2D eigenvalue weighted by Gasteiger charge is 2.51. The van der Waals surface area contributed by atoms with Crippen LogP contribution in [0.25, 0.3) is 6.08 Å². The Morgan fingerprint density at radius 2 is 1.67 bits per heavy atom. The lowest BCUT2D eigenvalue weighted by Crippen LogP contribution is -2.63. The molecule has 1 aliphatic heterocycles. The molecule has 1 aromatic carbocycles. The number of methoxy groups -OCH3 is 1. The van der Waals surface area contributed by atoms with Gasteiger partial charge in [0.2, 0.25) is 5.91 Å². The van der Waals surface area contributed by atoms with E-state index in [2.05, 4.69) is 50.1 Å². The van der Waals surface area contributed by atoms with Crippen LogP contribution < -0.4 is 10.1 Å². The number of urea groups is 1. The molecule has 1 heterocycles. The number of hydrogen-bond acceptors (Lipinski definition) is 4. The van der Waals surface area contributed by atoms with Gasteiger partial charge in [0.05, 0.1) is 7.11 Å². The van der Waals surface area contributed by atoms with Crippen molar-refractivity contribution in [2.24, 2.45) is 29.1 Å². The average molecular weight is 593 g/mol. The molecule has 1 saturated heterocycles. The zero-order valence-electron chi connectivity index (χ0n) is 27.4. The van der Waals surface area contributed by atoms with Crippen molar-refractivity contribution < 1.29 is 14.3 Å². The fourth-order valence-corrected chi connectivity index (χ4v) is 8.98. The van der Waals surface area contributed by atoms with Gasteiger partial charge >= 0.3 is 6.03 Å². The first-order chi connectivity index (χ1) is 20.5. The zero-order valence-corrected chi connectivity index (χ0v) is 27.4. The van der Waals surface area contributed by atoms with Crippen LogP contribution >= 0.6 is 0 Å². The molecule has 7 heteroatoms. The minimum Gasteiger partial charge on any atom is -0.496 e. The molecule has 0 radical (unpaired) electrons. The minimum atomic E-state index is 0.0608. The molecule has 1 unspecified atom stereocenters. The van der Waals surface area contributed by atoms with Gasteiger partial charge in [0.1, 0.15) is 5.75 Å². The van der Waals surface area contributed by atoms with Gasteiger partial charge in [-0.2, -0.15) is 0 Å². The Morgan fingerprint density at radius 1 is 1.05 bits per heavy atom. The molecule has 0 spiro atoms. The lowest BCUT2D eigenvalue weighted by Gasteiger charge is -2.57. The van der Waals surface area contributed by atoms with Crippen LogP contribution in [0.3, 0.4) is 0 Å². The number of para-hydroxylation sites is 1. The number of nitrogens with one attached hydrogen (secondary N) is 1. The highest BCUT2D eigenvalue weighted by atomic mass is 16.5. The van der Waals surface area contributed by atoms with Crippen molar-refractivity contribution in [1.29, 1.82) is 0 Å². The van der Waals surface area contributed by atoms with Crippen molar-refractivity contribution in [3.05, 3.63) is 35.9 Å². The molecule has 0 aromatic heterocycles. The van der Waals surface area contributed by atoms with Crippen molar-refractivity contribution in [2.45, 2.75) is 84.6 Å². The maximum Gasteiger partial charge on any atom is 0.317 e. The van der Waals surface area contributed by atoms with Crippen LogP contribution in [0, 0.1) is 29.1 Å². The minimum absolute atomic E-state index is 0.0608. The van der Waals surface area contributed by atoms with Crippen LogP contribution in [-0.4, -0.2) is 85.1 Å². The number of nitrogens with zero attached hydrogens (tertiary/aromatic N) is 3. The van der Waals surface area contributed by atoms with Gasteiger partial charge < -0.3 is 19.9 Å². The molecule has 7 nitrogen and oxygen atoms in total. The van der Waals surface area contributed by atoms with E-state index >= 15 is 0 Å². The first kappa shape index (κ1) is 31.9. The smallest absolute Gasteiger partial charge is 0.317 e. The monoisotopic (exact) mass is 592 g/mol. The van der Waals surface area contributed by atoms with E-state index in [-0.39, 0.29) is 22.9 Å². The van der Waals surface area contributed by atoms with E-state index in [0.29, 0.717) is 25.4 Å². The third-order valence-electron chi connectivity index (χ3n) is 10.4. The predicted octanol–water partition coefficient (Wildman–Crippen LogP) is 6.30. The van der Waals surface area contributed by atoms with Crippen molar-refractivity contribution >= 4 is 18.0 Å². The Bertz CT molecular complexity index is 1100. The quantitative estimate of drug-likeness (QED) is 0.328. The maximum atomic E-state index is 13.5. The Labute approximate surface area is 260 Å². The van der Waals surface area contributed by atoms with Crippen LogP contribution in [0.5, 0.6) is 5.75 Å². The largest absolute Gasteiger partial charge is 0.496 e. The SMILES string of the molecule is COc1ccccc1C=CCN(CCN1CCN(C(=O)NC23CC4CC(CC(C4)C2)C3)CC1)C(=O)CC(C)CC(C)(C)C. The molecule has 1 atom stereocenters. The van der Waals surface area contributed by atoms with Crippen molar-refractivity contribution in [3.63, 3.8) is 0 Å². The highest BCUT2D eigenvalue weighted by molar-refractivity contribution is 5.77. The summed E-state index contributed by atoms with van der Waals surface area (Å²) < 4.78 is 5.50. The number of ether oxygens (including phenoxy) is 1. The second kappa shape index (κ2) is 13.6. The molecule has 1 aromatic rings. The Hall–Kier alpha value is -2.54. The lowest BCUT2D eigenvalue weighted by atomic mass is 9.53. The van der Waals surface area contributed by atoms with Gasteiger partial charge in [-0.05, 0) is 80.1 Å². The molecule has 5 fully saturated rings. The first-order valence-corrected chi connectivity index (χ1v) is 16.9. The van der Waals surface area contributed by atoms with Crippen molar-refractivity contribution in [3.8, 4) is 5.75 Å². The summed E-state index contributed by atoms with van der Waals surface area (Å²) in [6, 6.07) is 8.11. The zero-order chi connectivity index (χ0) is 30.6. The molecule has 3 amide bonds. The van der Waals surface area contributed by atoms with Gasteiger partial charge in [-0.3, -0.25) is 9.69 Å². The van der Waals surface area contributed by atoms with Crippen LogP contribution in [0.2, 0.25) is 0 Å². The number of amides is 3. The summed E-state index contributed by atoms with van der Waals surface area (Å²) in [5.41, 5.74) is 1.28. The molecular formula is C36H56N4O3. The summed E-state index contributed by atoms with van der Waals surface area (Å²) in [6.07, 6.45) is 13.5. The van der Waals surface area contributed by atoms with Crippen molar-refractivity contribution in [1.82, 2.24) is 20.0 Å². The Morgan fingerprint density at radius 3 is 2.28 bits per heavy atom. The number of carbonyl (C=O) groups excluding carboxylic acids is 2. The maximum absolute atomic E-state index is 13.5. The Kier molecular flexibility index (Phi) is 10.1. The molecular weight excluding hydrogens is 536 g/mol. The normalized spacial score (nSPS) is 27.8. The molecule has 43 heavy (non-hydrogen) atoms. The highest BCUT2D eigenvalue weighted by Crippen LogP contribution is 2.55. The number of rotatable bonds is 11. The van der Waals surface area contributed by atoms with Gasteiger partial charge in [0.25, 0.3) is 0 Å². The lowest BCUT2D eigenvalue weighted by molar-refractivity contribution is -0.132. The third kappa shape index (κ3) is 8.55. The van der Waals surface area contributed by atoms with Crippen LogP contribution in [0.1, 0.15) is 84.6 Å². The first-order valence-electron chi connectivity index (χ1n) is 16.9. The second-order valence-corrected chi connectivity index (χ2v) is 15.5. The van der Waals surface area contributed by atoms with Crippen LogP contribution in [0.4, 0.5) is 4.79 Å². The Balaban J connectivity index is 1.12. The number of piperazine rings is 1. The number of hydrogen-bond donors (Lipinski definition) is 1. The fraction of sp³-hybridized carbons (Fsp3) is 0.722. The predicted molar refractivity (Wildman–Crippen MR) is 174 cm³/mol. The van der Waals surface area contributed by atoms with Crippen LogP contribution in [-0.2, 0) is 4.79 Å². The average Bonchev–Trinajstić information content (AvgIpc) is 2.93. The fourth-order valence-electron chi connectivity index (χ4n) is 8.98. The standard InChI is InChI=1S/C36H56N4O3/c1-27(23-35(2,3)4)19-33(41)39(12-8-10-31-9-6-7-11-32(31)43-5)16-13-38-14-17-40(18-15-38)34(42)37-36-24-28-20-29(25-36)22-30(21-28)26-36/h6-11,27-30H,12-26H2,1-5H3,(H,37,42). The third-order valence-corrected chi connectivity index (χ3v) is 10.4. The van der Waals surface area contributed by atoms with E-state index in [4.69, 9.17) is 4.74 Å². The summed E-state index contributed by atoms with van der Waals surface area (Å²) in [5.74, 6) is 3.87. The molecule has 5 aliphatic rings. The van der Waals surface area contributed by atoms with Gasteiger partial charge in [0, 0.05) is 63.3 Å². The van der Waals surface area contributed by atoms with Gasteiger partial charge in [-0.25, -0.2) is 4.79 Å². The summed E-state index contributed by atoms with van der Waals surface area (Å²) in [5, 5.41) is 3.55. The van der Waals surface area contributed by atoms with E-state index in [1.165, 1.54) is 38.5 Å². The van der Waals surface area contributed by atoms with Gasteiger partial charge in [-0.15, -0.1) is 0 Å². The summed E-state index contributed by atoms with van der Waals surface area (Å²) in [6.45, 7) is 14.2. The van der Waals surface area contributed by atoms with E-state index in [1.807, 2.05) is 34.1 Å². The molecule has 238 valence electrons. The molecule has 4 saturated carbocycles. The van der Waals surface area contributed by atoms with Gasteiger partial charge in [-0.1, -0.05) is 58.0 Å². The molecule has 1 N–H and O–H groups in total.